The van der Waals surface area contributed by atoms with E-state index in [0.717, 1.165) is 6.20 Å². The fourth-order valence-electron chi connectivity index (χ4n) is 6.09. The summed E-state index contributed by atoms with van der Waals surface area (Å²) in [4.78, 5) is 44.5. The molecule has 1 aliphatic carbocycles. The zero-order valence-electron chi connectivity index (χ0n) is 27.9. The van der Waals surface area contributed by atoms with Crippen molar-refractivity contribution >= 4 is 23.6 Å². The lowest BCUT2D eigenvalue weighted by Gasteiger charge is -2.36. The van der Waals surface area contributed by atoms with Crippen molar-refractivity contribution in [3.8, 4) is 22.5 Å². The average Bonchev–Trinajstić information content (AvgIpc) is 3.62. The van der Waals surface area contributed by atoms with E-state index in [9.17, 15) is 27.6 Å². The summed E-state index contributed by atoms with van der Waals surface area (Å²) < 4.78 is 46.2. The van der Waals surface area contributed by atoms with Gasteiger partial charge < -0.3 is 15.8 Å². The van der Waals surface area contributed by atoms with Crippen LogP contribution in [0.25, 0.3) is 22.5 Å². The summed E-state index contributed by atoms with van der Waals surface area (Å²) in [5.41, 5.74) is 6.23. The van der Waals surface area contributed by atoms with Crippen LogP contribution in [0.15, 0.2) is 66.9 Å². The van der Waals surface area contributed by atoms with E-state index in [1.807, 2.05) is 0 Å². The predicted octanol–water partition coefficient (Wildman–Crippen LogP) is 5.71. The molecule has 50 heavy (non-hydrogen) atoms. The van der Waals surface area contributed by atoms with Gasteiger partial charge in [-0.25, -0.2) is 4.79 Å². The van der Waals surface area contributed by atoms with Gasteiger partial charge in [-0.1, -0.05) is 30.3 Å². The highest BCUT2D eigenvalue weighted by Gasteiger charge is 2.37. The van der Waals surface area contributed by atoms with Crippen molar-refractivity contribution in [3.05, 3.63) is 78.1 Å². The van der Waals surface area contributed by atoms with Gasteiger partial charge in [0.15, 0.2) is 5.69 Å². The number of nitrogens with one attached hydrogen (secondary N) is 2. The van der Waals surface area contributed by atoms with Crippen molar-refractivity contribution < 1.29 is 32.3 Å². The number of nitrogens with two attached hydrogens (primary N) is 1. The Labute approximate surface area is 287 Å². The average molecular weight is 693 g/mol. The minimum absolute atomic E-state index is 0.0161. The summed E-state index contributed by atoms with van der Waals surface area (Å²) >= 11 is 0. The Kier molecular flexibility index (Phi) is 10.8. The van der Waals surface area contributed by atoms with E-state index in [0.29, 0.717) is 60.4 Å². The van der Waals surface area contributed by atoms with Crippen molar-refractivity contribution in [2.24, 2.45) is 17.6 Å². The fraction of sp³-hybridized carbons (Fsp3) is 0.400. The number of alkyl halides is 3. The number of pyridine rings is 1. The molecule has 3 amide bonds. The molecule has 15 heteroatoms. The molecule has 1 saturated carbocycles. The Morgan fingerprint density at radius 2 is 1.64 bits per heavy atom. The van der Waals surface area contributed by atoms with Gasteiger partial charge in [-0.05, 0) is 99.0 Å². The zero-order chi connectivity index (χ0) is 36.1. The number of rotatable bonds is 10. The molecule has 0 spiro atoms. The van der Waals surface area contributed by atoms with E-state index in [1.165, 1.54) is 29.2 Å². The summed E-state index contributed by atoms with van der Waals surface area (Å²) in [7, 11) is 0. The third-order valence-electron chi connectivity index (χ3n) is 8.53. The quantitative estimate of drug-likeness (QED) is 0.190. The minimum atomic E-state index is -4.64. The van der Waals surface area contributed by atoms with Crippen LogP contribution in [0.5, 0.6) is 0 Å². The Morgan fingerprint density at radius 1 is 0.980 bits per heavy atom. The van der Waals surface area contributed by atoms with Crippen LogP contribution in [-0.2, 0) is 26.9 Å². The number of hydrogen-bond acceptors (Lipinski definition) is 8. The molecule has 4 aromatic rings. The second kappa shape index (κ2) is 15.0. The number of carbonyl (C=O) groups excluding carboxylic acids is 3. The number of alkyl carbamates (subject to hydrolysis) is 1. The molecule has 0 saturated heterocycles. The maximum Gasteiger partial charge on any atom is 0.433 e. The summed E-state index contributed by atoms with van der Waals surface area (Å²) in [5.74, 6) is -0.938. The third-order valence-corrected chi connectivity index (χ3v) is 8.53. The Bertz CT molecular complexity index is 1770. The van der Waals surface area contributed by atoms with Crippen LogP contribution in [0.3, 0.4) is 0 Å². The van der Waals surface area contributed by atoms with Crippen LogP contribution >= 0.6 is 0 Å². The standard InChI is InChI=1S/C35H39F3N8O4/c1-34(2,3)50-33(49)41-20-22-8-12-25(13-9-22)32(48)46(26-16-14-24(15-17-26)31-42-44-45-43-31)28(30(39)47)19-21-6-10-23(11-7-21)27-5-4-18-40-29(27)35(36,37)38/h4-7,10-11,14-18,22,25,28H,8-9,12-13,19-20H2,1-3H3,(H2,39,47)(H,41,49)(H,42,43,44,45)/t22?,25?,28-/m0/s1. The van der Waals surface area contributed by atoms with Gasteiger partial charge in [0.25, 0.3) is 0 Å². The third kappa shape index (κ3) is 9.01. The van der Waals surface area contributed by atoms with Gasteiger partial charge in [0.2, 0.25) is 17.6 Å². The number of anilines is 1. The molecular weight excluding hydrogens is 653 g/mol. The normalized spacial score (nSPS) is 17.1. The number of primary amides is 1. The van der Waals surface area contributed by atoms with Crippen molar-refractivity contribution in [3.63, 3.8) is 0 Å². The number of amides is 3. The number of ether oxygens (including phenoxy) is 1. The monoisotopic (exact) mass is 692 g/mol. The second-order valence-electron chi connectivity index (χ2n) is 13.3. The number of carbonyl (C=O) groups is 3. The molecule has 0 bridgehead atoms. The molecule has 1 atom stereocenters. The van der Waals surface area contributed by atoms with E-state index in [4.69, 9.17) is 10.5 Å². The van der Waals surface area contributed by atoms with Crippen molar-refractivity contribution in [1.82, 2.24) is 30.9 Å². The Morgan fingerprint density at radius 3 is 2.22 bits per heavy atom. The SMILES string of the molecule is CC(C)(C)OC(=O)NCC1CCC(C(=O)N(c2ccc(-c3nn[nH]n3)cc2)[C@@H](Cc2ccc(-c3cccnc3C(F)(F)F)cc2)C(N)=O)CC1. The number of halogens is 3. The lowest BCUT2D eigenvalue weighted by molar-refractivity contribution is -0.140. The zero-order valence-corrected chi connectivity index (χ0v) is 27.9. The van der Waals surface area contributed by atoms with Gasteiger partial charge in [0.1, 0.15) is 11.6 Å². The van der Waals surface area contributed by atoms with Crippen LogP contribution in [0, 0.1) is 11.8 Å². The lowest BCUT2D eigenvalue weighted by atomic mass is 9.81. The van der Waals surface area contributed by atoms with Crippen molar-refractivity contribution in [2.75, 3.05) is 11.4 Å². The number of H-pyrrole nitrogens is 1. The molecule has 0 aliphatic heterocycles. The highest BCUT2D eigenvalue weighted by atomic mass is 19.4. The summed E-state index contributed by atoms with van der Waals surface area (Å²) in [6, 6.07) is 14.7. The number of hydrogen-bond donors (Lipinski definition) is 3. The van der Waals surface area contributed by atoms with E-state index in [1.54, 1.807) is 57.2 Å². The number of tetrazole rings is 1. The van der Waals surface area contributed by atoms with Crippen LogP contribution in [0.2, 0.25) is 0 Å². The number of aromatic amines is 1. The molecular formula is C35H39F3N8O4. The number of nitrogens with zero attached hydrogens (tertiary/aromatic N) is 5. The molecule has 1 fully saturated rings. The van der Waals surface area contributed by atoms with Crippen molar-refractivity contribution in [1.29, 1.82) is 0 Å². The Balaban J connectivity index is 1.37. The first-order valence-electron chi connectivity index (χ1n) is 16.2. The van der Waals surface area contributed by atoms with E-state index in [-0.39, 0.29) is 23.8 Å². The largest absolute Gasteiger partial charge is 0.444 e. The first kappa shape index (κ1) is 36.0. The molecule has 0 unspecified atom stereocenters. The van der Waals surface area contributed by atoms with Gasteiger partial charge in [-0.15, -0.1) is 10.2 Å². The molecule has 12 nitrogen and oxygen atoms in total. The molecule has 2 heterocycles. The summed E-state index contributed by atoms with van der Waals surface area (Å²) in [6.45, 7) is 5.79. The molecule has 2 aromatic carbocycles. The molecule has 4 N–H and O–H groups in total. The van der Waals surface area contributed by atoms with Gasteiger partial charge in [0.05, 0.1) is 0 Å². The van der Waals surface area contributed by atoms with Crippen molar-refractivity contribution in [2.45, 2.75) is 70.7 Å². The molecule has 5 rings (SSSR count). The van der Waals surface area contributed by atoms with E-state index in [2.05, 4.69) is 30.9 Å². The summed E-state index contributed by atoms with van der Waals surface area (Å²) in [6.07, 6.45) is -1.62. The maximum absolute atomic E-state index is 14.3. The van der Waals surface area contributed by atoms with Gasteiger partial charge in [0, 0.05) is 41.9 Å². The highest BCUT2D eigenvalue weighted by Crippen LogP contribution is 2.36. The number of aromatic nitrogens is 5. The molecule has 1 aliphatic rings. The number of benzene rings is 2. The van der Waals surface area contributed by atoms with Gasteiger partial charge in [-0.2, -0.15) is 18.4 Å². The smallest absolute Gasteiger partial charge is 0.433 e. The maximum atomic E-state index is 14.3. The second-order valence-corrected chi connectivity index (χ2v) is 13.3. The van der Waals surface area contributed by atoms with E-state index >= 15 is 0 Å². The van der Waals surface area contributed by atoms with Crippen LogP contribution in [0.1, 0.15) is 57.7 Å². The first-order valence-corrected chi connectivity index (χ1v) is 16.2. The highest BCUT2D eigenvalue weighted by molar-refractivity contribution is 6.01. The molecule has 0 radical (unpaired) electrons. The Hall–Kier alpha value is -5.34. The van der Waals surface area contributed by atoms with Gasteiger partial charge >= 0.3 is 12.3 Å². The van der Waals surface area contributed by atoms with Crippen LogP contribution in [0.4, 0.5) is 23.7 Å². The topological polar surface area (TPSA) is 169 Å². The fourth-order valence-corrected chi connectivity index (χ4v) is 6.09. The molecule has 2 aromatic heterocycles. The predicted molar refractivity (Wildman–Crippen MR) is 178 cm³/mol. The lowest BCUT2D eigenvalue weighted by Crippen LogP contribution is -2.52. The first-order chi connectivity index (χ1) is 23.7. The van der Waals surface area contributed by atoms with Crippen LogP contribution in [-0.4, -0.2) is 61.7 Å². The van der Waals surface area contributed by atoms with Gasteiger partial charge in [-0.3, -0.25) is 19.5 Å². The van der Waals surface area contributed by atoms with E-state index < -0.39 is 41.4 Å². The minimum Gasteiger partial charge on any atom is -0.444 e. The molecule has 264 valence electrons. The van der Waals surface area contributed by atoms with Crippen LogP contribution < -0.4 is 16.0 Å². The summed E-state index contributed by atoms with van der Waals surface area (Å²) in [5, 5.41) is 16.8.